The second-order valence-electron chi connectivity index (χ2n) is 7.79. The summed E-state index contributed by atoms with van der Waals surface area (Å²) in [6.45, 7) is 0. The van der Waals surface area contributed by atoms with Gasteiger partial charge in [0.1, 0.15) is 21.8 Å². The molecule has 0 aliphatic heterocycles. The molecule has 0 bridgehead atoms. The van der Waals surface area contributed by atoms with Crippen molar-refractivity contribution in [2.75, 3.05) is 10.6 Å². The van der Waals surface area contributed by atoms with E-state index in [1.54, 1.807) is 0 Å². The number of alkyl halides is 5. The number of nitrogens with one attached hydrogen (secondary N) is 2. The maximum Gasteiger partial charge on any atom is 0.419 e. The van der Waals surface area contributed by atoms with Crippen LogP contribution in [0.25, 0.3) is 0 Å². The third-order valence-electron chi connectivity index (χ3n) is 4.93. The molecule has 4 nitrogen and oxygen atoms in total. The zero-order valence-electron chi connectivity index (χ0n) is 18.3. The SMILES string of the molecule is Fc1ccccc1C(F)(F)F.O=C(Nc1cc(NC(=O)C2CC2(Cl)Cl)ccc1Cl)c1cc(F)cc(F)c1. The van der Waals surface area contributed by atoms with E-state index in [2.05, 4.69) is 10.6 Å². The van der Waals surface area contributed by atoms with E-state index in [1.165, 1.54) is 24.3 Å². The Morgan fingerprint density at radius 1 is 0.892 bits per heavy atom. The first kappa shape index (κ1) is 28.6. The van der Waals surface area contributed by atoms with Gasteiger partial charge in [-0.05, 0) is 48.9 Å². The summed E-state index contributed by atoms with van der Waals surface area (Å²) in [4.78, 5) is 24.2. The molecule has 0 saturated heterocycles. The van der Waals surface area contributed by atoms with Gasteiger partial charge in [0, 0.05) is 17.3 Å². The lowest BCUT2D eigenvalue weighted by Gasteiger charge is -2.11. The van der Waals surface area contributed by atoms with Gasteiger partial charge in [-0.3, -0.25) is 9.59 Å². The molecule has 37 heavy (non-hydrogen) atoms. The van der Waals surface area contributed by atoms with Crippen molar-refractivity contribution in [2.45, 2.75) is 16.9 Å². The Kier molecular flexibility index (Phi) is 8.66. The molecule has 13 heteroatoms. The Hall–Kier alpha value is -2.95. The fourth-order valence-corrected chi connectivity index (χ4v) is 3.67. The van der Waals surface area contributed by atoms with Crippen LogP contribution in [-0.2, 0) is 11.0 Å². The van der Waals surface area contributed by atoms with Gasteiger partial charge in [0.05, 0.1) is 22.2 Å². The van der Waals surface area contributed by atoms with Gasteiger partial charge in [-0.2, -0.15) is 13.2 Å². The van der Waals surface area contributed by atoms with Crippen molar-refractivity contribution in [3.05, 3.63) is 94.3 Å². The van der Waals surface area contributed by atoms with Crippen molar-refractivity contribution in [3.8, 4) is 0 Å². The van der Waals surface area contributed by atoms with Crippen LogP contribution >= 0.6 is 34.8 Å². The summed E-state index contributed by atoms with van der Waals surface area (Å²) < 4.78 is 73.2. The normalized spacial score (nSPS) is 15.8. The van der Waals surface area contributed by atoms with Crippen molar-refractivity contribution < 1.29 is 35.9 Å². The molecule has 3 aromatic rings. The van der Waals surface area contributed by atoms with E-state index in [0.29, 0.717) is 24.2 Å². The number of anilines is 2. The molecule has 196 valence electrons. The maximum atomic E-state index is 13.2. The van der Waals surface area contributed by atoms with Crippen LogP contribution in [0.5, 0.6) is 0 Å². The quantitative estimate of drug-likeness (QED) is 0.243. The standard InChI is InChI=1S/C17H11Cl3F2N2O2.C7H4F4/c18-13-2-1-11(23-16(26)12-7-17(12,19)20)6-14(13)24-15(25)8-3-9(21)5-10(22)4-8;8-6-4-2-1-3-5(6)7(9,10)11/h1-6,12H,7H2,(H,23,26)(H,24,25);1-4H. The van der Waals surface area contributed by atoms with E-state index < -0.39 is 45.3 Å². The van der Waals surface area contributed by atoms with Crippen LogP contribution in [0.4, 0.5) is 37.7 Å². The first-order valence-corrected chi connectivity index (χ1v) is 11.4. The average Bonchev–Trinajstić information content (AvgIpc) is 3.43. The van der Waals surface area contributed by atoms with Gasteiger partial charge in [0.15, 0.2) is 0 Å². The molecular formula is C24H15Cl3F6N2O2. The molecule has 1 fully saturated rings. The Morgan fingerprint density at radius 2 is 1.49 bits per heavy atom. The third-order valence-corrected chi connectivity index (χ3v) is 6.09. The monoisotopic (exact) mass is 582 g/mol. The minimum Gasteiger partial charge on any atom is -0.326 e. The summed E-state index contributed by atoms with van der Waals surface area (Å²) in [6.07, 6.45) is -4.24. The molecule has 0 spiro atoms. The molecule has 1 aliphatic carbocycles. The number of carbonyl (C=O) groups is 2. The lowest BCUT2D eigenvalue weighted by Crippen LogP contribution is -2.17. The van der Waals surface area contributed by atoms with Gasteiger partial charge in [0.25, 0.3) is 5.91 Å². The molecule has 0 heterocycles. The molecule has 1 aliphatic rings. The molecule has 2 amide bonds. The molecule has 0 aromatic heterocycles. The highest BCUT2D eigenvalue weighted by Crippen LogP contribution is 2.53. The molecule has 1 unspecified atom stereocenters. The van der Waals surface area contributed by atoms with E-state index in [9.17, 15) is 35.9 Å². The summed E-state index contributed by atoms with van der Waals surface area (Å²) in [5.74, 6) is -4.62. The van der Waals surface area contributed by atoms with Gasteiger partial charge in [-0.15, -0.1) is 23.2 Å². The lowest BCUT2D eigenvalue weighted by atomic mass is 10.2. The summed E-state index contributed by atoms with van der Waals surface area (Å²) in [6, 6.07) is 10.7. The van der Waals surface area contributed by atoms with Crippen LogP contribution in [-0.4, -0.2) is 16.1 Å². The van der Waals surface area contributed by atoms with Gasteiger partial charge in [-0.25, -0.2) is 13.2 Å². The van der Waals surface area contributed by atoms with Gasteiger partial charge < -0.3 is 10.6 Å². The third kappa shape index (κ3) is 7.77. The summed E-state index contributed by atoms with van der Waals surface area (Å²) in [5, 5.41) is 5.25. The minimum absolute atomic E-state index is 0.165. The number of carbonyl (C=O) groups excluding carboxylic acids is 2. The van der Waals surface area contributed by atoms with E-state index in [4.69, 9.17) is 34.8 Å². The van der Waals surface area contributed by atoms with Crippen LogP contribution in [0.15, 0.2) is 60.7 Å². The molecular weight excluding hydrogens is 569 g/mol. The maximum absolute atomic E-state index is 13.2. The molecule has 1 atom stereocenters. The van der Waals surface area contributed by atoms with Crippen molar-refractivity contribution in [2.24, 2.45) is 5.92 Å². The second kappa shape index (κ2) is 11.2. The van der Waals surface area contributed by atoms with Crippen LogP contribution < -0.4 is 10.6 Å². The van der Waals surface area contributed by atoms with Crippen LogP contribution in [0.1, 0.15) is 22.3 Å². The van der Waals surface area contributed by atoms with Crippen molar-refractivity contribution in [3.63, 3.8) is 0 Å². The zero-order chi connectivity index (χ0) is 27.5. The van der Waals surface area contributed by atoms with Gasteiger partial charge in [0.2, 0.25) is 5.91 Å². The molecule has 0 radical (unpaired) electrons. The smallest absolute Gasteiger partial charge is 0.326 e. The first-order valence-electron chi connectivity index (χ1n) is 10.2. The lowest BCUT2D eigenvalue weighted by molar-refractivity contribution is -0.140. The Labute approximate surface area is 221 Å². The largest absolute Gasteiger partial charge is 0.419 e. The molecule has 4 rings (SSSR count). The zero-order valence-corrected chi connectivity index (χ0v) is 20.5. The number of halogens is 9. The molecule has 2 N–H and O–H groups in total. The summed E-state index contributed by atoms with van der Waals surface area (Å²) >= 11 is 17.7. The predicted octanol–water partition coefficient (Wildman–Crippen LogP) is 7.85. The number of hydrogen-bond donors (Lipinski definition) is 2. The number of benzene rings is 3. The van der Waals surface area contributed by atoms with Crippen molar-refractivity contribution >= 4 is 58.0 Å². The van der Waals surface area contributed by atoms with E-state index >= 15 is 0 Å². The Morgan fingerprint density at radius 3 is 2.00 bits per heavy atom. The van der Waals surface area contributed by atoms with Crippen LogP contribution in [0.2, 0.25) is 5.02 Å². The summed E-state index contributed by atoms with van der Waals surface area (Å²) in [7, 11) is 0. The van der Waals surface area contributed by atoms with Crippen molar-refractivity contribution in [1.82, 2.24) is 0 Å². The molecule has 3 aromatic carbocycles. The van der Waals surface area contributed by atoms with Gasteiger partial charge >= 0.3 is 6.18 Å². The highest BCUT2D eigenvalue weighted by Gasteiger charge is 2.56. The minimum atomic E-state index is -4.59. The number of hydrogen-bond acceptors (Lipinski definition) is 2. The van der Waals surface area contributed by atoms with E-state index in [0.717, 1.165) is 24.3 Å². The topological polar surface area (TPSA) is 58.2 Å². The van der Waals surface area contributed by atoms with E-state index in [1.807, 2.05) is 0 Å². The van der Waals surface area contributed by atoms with E-state index in [-0.39, 0.29) is 22.2 Å². The average molecular weight is 584 g/mol. The second-order valence-corrected chi connectivity index (χ2v) is 9.74. The Balaban J connectivity index is 0.000000289. The number of amides is 2. The predicted molar refractivity (Wildman–Crippen MR) is 128 cm³/mol. The molecule has 1 saturated carbocycles. The highest BCUT2D eigenvalue weighted by atomic mass is 35.5. The number of rotatable bonds is 4. The van der Waals surface area contributed by atoms with Crippen LogP contribution in [0.3, 0.4) is 0 Å². The van der Waals surface area contributed by atoms with Crippen LogP contribution in [0, 0.1) is 23.4 Å². The van der Waals surface area contributed by atoms with Crippen molar-refractivity contribution in [1.29, 1.82) is 0 Å². The first-order chi connectivity index (χ1) is 17.2. The van der Waals surface area contributed by atoms with Gasteiger partial charge in [-0.1, -0.05) is 23.7 Å². The Bertz CT molecular complexity index is 1310. The fourth-order valence-electron chi connectivity index (χ4n) is 3.00. The summed E-state index contributed by atoms with van der Waals surface area (Å²) in [5.41, 5.74) is -0.908. The highest BCUT2D eigenvalue weighted by molar-refractivity contribution is 6.52. The fraction of sp³-hybridized carbons (Fsp3) is 0.167.